The number of aromatic nitrogens is 1. The second kappa shape index (κ2) is 7.39. The van der Waals surface area contributed by atoms with Gasteiger partial charge in [0.15, 0.2) is 0 Å². The van der Waals surface area contributed by atoms with E-state index < -0.39 is 0 Å². The fourth-order valence-electron chi connectivity index (χ4n) is 2.29. The van der Waals surface area contributed by atoms with Gasteiger partial charge in [0.2, 0.25) is 0 Å². The third kappa shape index (κ3) is 4.60. The van der Waals surface area contributed by atoms with Crippen LogP contribution in [0.1, 0.15) is 37.1 Å². The van der Waals surface area contributed by atoms with Gasteiger partial charge in [-0.05, 0) is 19.9 Å². The molecule has 0 bridgehead atoms. The fourth-order valence-corrected chi connectivity index (χ4v) is 4.45. The molecule has 1 aliphatic carbocycles. The third-order valence-corrected chi connectivity index (χ3v) is 5.74. The Balaban J connectivity index is 1.71. The van der Waals surface area contributed by atoms with Gasteiger partial charge in [-0.2, -0.15) is 11.8 Å². The van der Waals surface area contributed by atoms with E-state index in [0.717, 1.165) is 11.7 Å². The van der Waals surface area contributed by atoms with E-state index in [9.17, 15) is 0 Å². The topological polar surface area (TPSA) is 24.9 Å². The molecule has 4 heteroatoms. The molecule has 0 spiro atoms. The van der Waals surface area contributed by atoms with Crippen molar-refractivity contribution in [1.82, 2.24) is 10.3 Å². The van der Waals surface area contributed by atoms with Crippen LogP contribution >= 0.6 is 23.1 Å². The molecule has 1 heterocycles. The van der Waals surface area contributed by atoms with Crippen molar-refractivity contribution in [3.63, 3.8) is 0 Å². The molecule has 1 aliphatic rings. The molecule has 2 rings (SSSR count). The van der Waals surface area contributed by atoms with Crippen LogP contribution in [0.4, 0.5) is 0 Å². The van der Waals surface area contributed by atoms with Crippen LogP contribution in [0.5, 0.6) is 0 Å². The molecule has 1 saturated carbocycles. The molecule has 1 fully saturated rings. The van der Waals surface area contributed by atoms with Gasteiger partial charge in [-0.15, -0.1) is 11.3 Å². The van der Waals surface area contributed by atoms with Crippen molar-refractivity contribution in [2.24, 2.45) is 0 Å². The van der Waals surface area contributed by atoms with Crippen LogP contribution in [-0.2, 0) is 6.42 Å². The number of likely N-dealkylation sites (N-methyl/N-ethyl adjacent to an activating group) is 1. The van der Waals surface area contributed by atoms with Crippen LogP contribution in [0, 0.1) is 0 Å². The van der Waals surface area contributed by atoms with Crippen LogP contribution < -0.4 is 5.32 Å². The molecule has 1 unspecified atom stereocenters. The highest BCUT2D eigenvalue weighted by Crippen LogP contribution is 2.28. The molecule has 0 aliphatic heterocycles. The minimum atomic E-state index is 0.577. The Morgan fingerprint density at radius 3 is 2.94 bits per heavy atom. The van der Waals surface area contributed by atoms with Crippen molar-refractivity contribution in [1.29, 1.82) is 0 Å². The van der Waals surface area contributed by atoms with E-state index in [2.05, 4.69) is 34.5 Å². The first-order valence-corrected chi connectivity index (χ1v) is 8.48. The number of nitrogens with zero attached hydrogens (tertiary/aromatic N) is 1. The third-order valence-electron chi connectivity index (χ3n) is 3.40. The Kier molecular flexibility index (Phi) is 5.81. The molecular weight excluding hydrogens is 248 g/mol. The number of rotatable bonds is 6. The Morgan fingerprint density at radius 2 is 2.29 bits per heavy atom. The smallest absolute Gasteiger partial charge is 0.0940 e. The minimum absolute atomic E-state index is 0.577. The lowest BCUT2D eigenvalue weighted by atomic mass is 10.0. The van der Waals surface area contributed by atoms with E-state index in [4.69, 9.17) is 0 Å². The van der Waals surface area contributed by atoms with E-state index >= 15 is 0 Å². The summed E-state index contributed by atoms with van der Waals surface area (Å²) in [5.74, 6) is 1.22. The van der Waals surface area contributed by atoms with Gasteiger partial charge < -0.3 is 5.32 Å². The second-order valence-electron chi connectivity index (χ2n) is 4.71. The average molecular weight is 270 g/mol. The number of nitrogens with one attached hydrogen (secondary N) is 1. The summed E-state index contributed by atoms with van der Waals surface area (Å²) in [5.41, 5.74) is 0. The Bertz CT molecular complexity index is 294. The van der Waals surface area contributed by atoms with Gasteiger partial charge in [-0.3, -0.25) is 0 Å². The zero-order valence-corrected chi connectivity index (χ0v) is 12.2. The highest BCUT2D eigenvalue weighted by atomic mass is 32.2. The lowest BCUT2D eigenvalue weighted by molar-refractivity contribution is 0.514. The van der Waals surface area contributed by atoms with Gasteiger partial charge in [0.25, 0.3) is 0 Å². The summed E-state index contributed by atoms with van der Waals surface area (Å²) in [6.45, 7) is 0. The van der Waals surface area contributed by atoms with Crippen LogP contribution in [-0.4, -0.2) is 29.1 Å². The van der Waals surface area contributed by atoms with Crippen molar-refractivity contribution in [2.75, 3.05) is 12.8 Å². The maximum absolute atomic E-state index is 4.37. The van der Waals surface area contributed by atoms with E-state index in [0.29, 0.717) is 6.04 Å². The maximum atomic E-state index is 4.37. The molecule has 0 aromatic carbocycles. The van der Waals surface area contributed by atoms with Gasteiger partial charge >= 0.3 is 0 Å². The highest BCUT2D eigenvalue weighted by Gasteiger charge is 2.16. The van der Waals surface area contributed by atoms with Crippen molar-refractivity contribution in [2.45, 2.75) is 49.8 Å². The number of hydrogen-bond donors (Lipinski definition) is 1. The van der Waals surface area contributed by atoms with Crippen molar-refractivity contribution in [3.8, 4) is 0 Å². The molecule has 96 valence electrons. The molecule has 17 heavy (non-hydrogen) atoms. The summed E-state index contributed by atoms with van der Waals surface area (Å²) in [7, 11) is 2.07. The first-order chi connectivity index (χ1) is 8.38. The molecule has 1 aromatic heterocycles. The summed E-state index contributed by atoms with van der Waals surface area (Å²) in [5, 5.41) is 7.66. The predicted molar refractivity (Wildman–Crippen MR) is 78.0 cm³/mol. The van der Waals surface area contributed by atoms with Crippen LogP contribution in [0.2, 0.25) is 0 Å². The maximum Gasteiger partial charge on any atom is 0.0940 e. The summed E-state index contributed by atoms with van der Waals surface area (Å²) in [6, 6.07) is 0.577. The number of thiazole rings is 1. The molecule has 0 amide bonds. The standard InChI is InChI=1S/C13H22N2S2/c1-14-11(9-13-15-7-8-16-13)10-17-12-5-3-2-4-6-12/h7-8,11-12,14H,2-6,9-10H2,1H3. The Labute approximate surface area is 113 Å². The van der Waals surface area contributed by atoms with Crippen LogP contribution in [0.25, 0.3) is 0 Å². The minimum Gasteiger partial charge on any atom is -0.316 e. The van der Waals surface area contributed by atoms with Gasteiger partial charge in [0, 0.05) is 35.0 Å². The number of hydrogen-bond acceptors (Lipinski definition) is 4. The fraction of sp³-hybridized carbons (Fsp3) is 0.769. The normalized spacial score (nSPS) is 19.4. The Morgan fingerprint density at radius 1 is 1.47 bits per heavy atom. The largest absolute Gasteiger partial charge is 0.316 e. The van der Waals surface area contributed by atoms with Crippen molar-refractivity contribution in [3.05, 3.63) is 16.6 Å². The van der Waals surface area contributed by atoms with E-state index in [1.54, 1.807) is 11.3 Å². The molecule has 1 atom stereocenters. The van der Waals surface area contributed by atoms with Gasteiger partial charge in [-0.1, -0.05) is 19.3 Å². The first-order valence-electron chi connectivity index (χ1n) is 6.55. The van der Waals surface area contributed by atoms with Gasteiger partial charge in [0.05, 0.1) is 5.01 Å². The van der Waals surface area contributed by atoms with E-state index in [1.165, 1.54) is 42.9 Å². The lowest BCUT2D eigenvalue weighted by Gasteiger charge is -2.23. The summed E-state index contributed by atoms with van der Waals surface area (Å²) in [6.07, 6.45) is 10.2. The molecule has 1 aromatic rings. The van der Waals surface area contributed by atoms with Crippen molar-refractivity contribution >= 4 is 23.1 Å². The zero-order chi connectivity index (χ0) is 11.9. The monoisotopic (exact) mass is 270 g/mol. The summed E-state index contributed by atoms with van der Waals surface area (Å²) in [4.78, 5) is 4.37. The number of thioether (sulfide) groups is 1. The van der Waals surface area contributed by atoms with Gasteiger partial charge in [-0.25, -0.2) is 4.98 Å². The van der Waals surface area contributed by atoms with Crippen LogP contribution in [0.15, 0.2) is 11.6 Å². The molecular formula is C13H22N2S2. The quantitative estimate of drug-likeness (QED) is 0.858. The zero-order valence-electron chi connectivity index (χ0n) is 10.5. The molecule has 0 saturated heterocycles. The lowest BCUT2D eigenvalue weighted by Crippen LogP contribution is -2.31. The molecule has 0 radical (unpaired) electrons. The SMILES string of the molecule is CNC(CSC1CCCCC1)Cc1nccs1. The average Bonchev–Trinajstić information content (AvgIpc) is 2.88. The van der Waals surface area contributed by atoms with Crippen LogP contribution in [0.3, 0.4) is 0 Å². The summed E-state index contributed by atoms with van der Waals surface area (Å²) < 4.78 is 0. The predicted octanol–water partition coefficient (Wildman–Crippen LogP) is 3.34. The van der Waals surface area contributed by atoms with Gasteiger partial charge in [0.1, 0.15) is 0 Å². The first kappa shape index (κ1) is 13.4. The van der Waals surface area contributed by atoms with E-state index in [1.807, 2.05) is 6.20 Å². The Hall–Kier alpha value is -0.0600. The second-order valence-corrected chi connectivity index (χ2v) is 7.02. The highest BCUT2D eigenvalue weighted by molar-refractivity contribution is 7.99. The molecule has 2 nitrogen and oxygen atoms in total. The summed E-state index contributed by atoms with van der Waals surface area (Å²) >= 11 is 3.93. The van der Waals surface area contributed by atoms with Crippen molar-refractivity contribution < 1.29 is 0 Å². The molecule has 1 N–H and O–H groups in total. The van der Waals surface area contributed by atoms with E-state index in [-0.39, 0.29) is 0 Å².